The highest BCUT2D eigenvalue weighted by Crippen LogP contribution is 2.32. The Bertz CT molecular complexity index is 1190. The van der Waals surface area contributed by atoms with E-state index in [4.69, 9.17) is 20.4 Å². The highest BCUT2D eigenvalue weighted by molar-refractivity contribution is 7.11. The van der Waals surface area contributed by atoms with Crippen LogP contribution in [0.25, 0.3) is 16.6 Å². The molecular weight excluding hydrogens is 386 g/mol. The minimum Gasteiger partial charge on any atom is -0.494 e. The Morgan fingerprint density at radius 3 is 2.83 bits per heavy atom. The van der Waals surface area contributed by atoms with Crippen LogP contribution in [0.15, 0.2) is 18.2 Å². The lowest BCUT2D eigenvalue weighted by Crippen LogP contribution is -2.20. The number of nitrogens with two attached hydrogens (primary N) is 1. The molecule has 2 N–H and O–H groups in total. The van der Waals surface area contributed by atoms with Crippen LogP contribution in [0, 0.1) is 0 Å². The zero-order chi connectivity index (χ0) is 20.1. The van der Waals surface area contributed by atoms with Crippen molar-refractivity contribution in [1.82, 2.24) is 29.5 Å². The molecule has 4 aromatic rings. The van der Waals surface area contributed by atoms with Gasteiger partial charge in [0.05, 0.1) is 17.8 Å². The van der Waals surface area contributed by atoms with E-state index in [1.165, 1.54) is 15.6 Å². The molecule has 0 atom stereocenters. The number of ether oxygens (including phenoxy) is 1. The Morgan fingerprint density at radius 2 is 2.07 bits per heavy atom. The minimum atomic E-state index is 0.310. The number of thiazole rings is 1. The highest BCUT2D eigenvalue weighted by atomic mass is 32.1. The van der Waals surface area contributed by atoms with E-state index in [1.807, 2.05) is 29.5 Å². The third kappa shape index (κ3) is 3.10. The predicted octanol–water partition coefficient (Wildman–Crippen LogP) is 3.01. The number of para-hydroxylation sites is 1. The summed E-state index contributed by atoms with van der Waals surface area (Å²) in [5, 5.41) is 6.71. The zero-order valence-corrected chi connectivity index (χ0v) is 17.5. The Kier molecular flexibility index (Phi) is 4.36. The van der Waals surface area contributed by atoms with Gasteiger partial charge in [0.2, 0.25) is 5.95 Å². The second kappa shape index (κ2) is 6.93. The van der Waals surface area contributed by atoms with Gasteiger partial charge in [-0.05, 0) is 12.1 Å². The van der Waals surface area contributed by atoms with Gasteiger partial charge in [-0.3, -0.25) is 4.90 Å². The van der Waals surface area contributed by atoms with Crippen LogP contribution in [0.3, 0.4) is 0 Å². The molecule has 3 aromatic heterocycles. The average molecular weight is 410 g/mol. The highest BCUT2D eigenvalue weighted by Gasteiger charge is 2.24. The fourth-order valence-electron chi connectivity index (χ4n) is 3.72. The van der Waals surface area contributed by atoms with Crippen LogP contribution in [0.1, 0.15) is 41.2 Å². The maximum absolute atomic E-state index is 6.14. The van der Waals surface area contributed by atoms with Gasteiger partial charge in [-0.2, -0.15) is 4.52 Å². The molecule has 5 rings (SSSR count). The molecule has 0 saturated heterocycles. The first kappa shape index (κ1) is 18.3. The number of hydrogen-bond acceptors (Lipinski definition) is 8. The molecule has 0 radical (unpaired) electrons. The average Bonchev–Trinajstić information content (AvgIpc) is 3.39. The second-order valence-corrected chi connectivity index (χ2v) is 8.74. The molecule has 0 aliphatic carbocycles. The Hall–Kier alpha value is -2.78. The summed E-state index contributed by atoms with van der Waals surface area (Å²) in [4.78, 5) is 17.8. The summed E-state index contributed by atoms with van der Waals surface area (Å²) < 4.78 is 7.03. The smallest absolute Gasteiger partial charge is 0.223 e. The van der Waals surface area contributed by atoms with Crippen molar-refractivity contribution in [2.45, 2.75) is 39.3 Å². The summed E-state index contributed by atoms with van der Waals surface area (Å²) in [7, 11) is 1.62. The Labute approximate surface area is 172 Å². The summed E-state index contributed by atoms with van der Waals surface area (Å²) in [6.45, 7) is 7.12. The number of benzene rings is 1. The van der Waals surface area contributed by atoms with E-state index in [0.29, 0.717) is 28.8 Å². The van der Waals surface area contributed by atoms with E-state index in [1.54, 1.807) is 11.6 Å². The van der Waals surface area contributed by atoms with Crippen molar-refractivity contribution in [3.8, 4) is 5.75 Å². The number of fused-ring (bicyclic) bond motifs is 4. The third-order valence-corrected chi connectivity index (χ3v) is 6.62. The van der Waals surface area contributed by atoms with Crippen molar-refractivity contribution >= 4 is 33.8 Å². The van der Waals surface area contributed by atoms with Crippen LogP contribution < -0.4 is 10.5 Å². The van der Waals surface area contributed by atoms with Gasteiger partial charge < -0.3 is 10.5 Å². The summed E-state index contributed by atoms with van der Waals surface area (Å²) in [6, 6.07) is 5.76. The van der Waals surface area contributed by atoms with Gasteiger partial charge in [-0.1, -0.05) is 19.9 Å². The summed E-state index contributed by atoms with van der Waals surface area (Å²) in [6.07, 6.45) is 0.749. The molecule has 0 spiro atoms. The molecule has 0 saturated carbocycles. The van der Waals surface area contributed by atoms with Crippen molar-refractivity contribution in [2.24, 2.45) is 0 Å². The topological polar surface area (TPSA) is 94.5 Å². The first-order valence-corrected chi connectivity index (χ1v) is 10.5. The van der Waals surface area contributed by atoms with Gasteiger partial charge in [0.1, 0.15) is 11.3 Å². The Balaban J connectivity index is 1.37. The molecule has 0 amide bonds. The van der Waals surface area contributed by atoms with Crippen molar-refractivity contribution in [1.29, 1.82) is 0 Å². The van der Waals surface area contributed by atoms with E-state index < -0.39 is 0 Å². The van der Waals surface area contributed by atoms with Crippen LogP contribution in [0.5, 0.6) is 5.75 Å². The number of nitrogen functional groups attached to an aromatic ring is 1. The monoisotopic (exact) mass is 409 g/mol. The quantitative estimate of drug-likeness (QED) is 0.541. The van der Waals surface area contributed by atoms with Crippen LogP contribution in [0.4, 0.5) is 5.95 Å². The fraction of sp³-hybridized carbons (Fsp3) is 0.400. The maximum Gasteiger partial charge on any atom is 0.223 e. The lowest BCUT2D eigenvalue weighted by molar-refractivity contribution is 0.285. The summed E-state index contributed by atoms with van der Waals surface area (Å²) in [5.74, 6) is 2.25. The van der Waals surface area contributed by atoms with Crippen LogP contribution >= 0.6 is 11.3 Å². The van der Waals surface area contributed by atoms with Crippen molar-refractivity contribution in [3.63, 3.8) is 0 Å². The first-order valence-electron chi connectivity index (χ1n) is 9.72. The van der Waals surface area contributed by atoms with Gasteiger partial charge in [0, 0.05) is 42.2 Å². The predicted molar refractivity (Wildman–Crippen MR) is 113 cm³/mol. The van der Waals surface area contributed by atoms with E-state index in [9.17, 15) is 0 Å². The van der Waals surface area contributed by atoms with E-state index in [0.717, 1.165) is 37.3 Å². The summed E-state index contributed by atoms with van der Waals surface area (Å²) in [5.41, 5.74) is 8.78. The van der Waals surface area contributed by atoms with Crippen molar-refractivity contribution < 1.29 is 4.74 Å². The van der Waals surface area contributed by atoms with Gasteiger partial charge in [0.15, 0.2) is 11.5 Å². The number of anilines is 1. The molecule has 8 nitrogen and oxygen atoms in total. The van der Waals surface area contributed by atoms with Gasteiger partial charge in [0.25, 0.3) is 0 Å². The van der Waals surface area contributed by atoms with Crippen molar-refractivity contribution in [2.75, 3.05) is 19.4 Å². The number of nitrogens with zero attached hydrogens (tertiary/aromatic N) is 6. The molecule has 150 valence electrons. The molecule has 1 aromatic carbocycles. The number of methoxy groups -OCH3 is 1. The Morgan fingerprint density at radius 1 is 1.21 bits per heavy atom. The maximum atomic E-state index is 6.14. The van der Waals surface area contributed by atoms with Gasteiger partial charge >= 0.3 is 0 Å². The van der Waals surface area contributed by atoms with Crippen LogP contribution in [0.2, 0.25) is 0 Å². The van der Waals surface area contributed by atoms with Crippen molar-refractivity contribution in [3.05, 3.63) is 39.6 Å². The molecule has 4 heterocycles. The van der Waals surface area contributed by atoms with E-state index in [2.05, 4.69) is 28.8 Å². The second-order valence-electron chi connectivity index (χ2n) is 7.63. The van der Waals surface area contributed by atoms with Crippen LogP contribution in [-0.4, -0.2) is 43.1 Å². The minimum absolute atomic E-state index is 0.310. The molecule has 9 heteroatoms. The van der Waals surface area contributed by atoms with Crippen LogP contribution in [-0.2, 0) is 19.5 Å². The summed E-state index contributed by atoms with van der Waals surface area (Å²) >= 11 is 1.84. The first-order chi connectivity index (χ1) is 14.0. The van der Waals surface area contributed by atoms with E-state index in [-0.39, 0.29) is 0 Å². The normalized spacial score (nSPS) is 14.3. The lowest BCUT2D eigenvalue weighted by atomic mass is 10.2. The largest absolute Gasteiger partial charge is 0.494 e. The molecule has 0 unspecified atom stereocenters. The number of rotatable bonds is 5. The molecule has 0 fully saturated rings. The zero-order valence-electron chi connectivity index (χ0n) is 16.7. The SMILES string of the molecule is COc1cccc2c1nc(N)n1nc(CCN3Cc4nc(C(C)C)sc4C3)nc21. The molecule has 1 aliphatic heterocycles. The van der Waals surface area contributed by atoms with Gasteiger partial charge in [-0.25, -0.2) is 15.0 Å². The fourth-order valence-corrected chi connectivity index (χ4v) is 4.84. The van der Waals surface area contributed by atoms with E-state index >= 15 is 0 Å². The van der Waals surface area contributed by atoms with Gasteiger partial charge in [-0.15, -0.1) is 16.4 Å². The third-order valence-electron chi connectivity index (χ3n) is 5.24. The molecular formula is C20H23N7OS. The molecule has 1 aliphatic rings. The molecule has 0 bridgehead atoms. The standard InChI is InChI=1S/C20H23N7OS/c1-11(2)19-22-13-9-26(10-15(13)29-19)8-7-16-23-18-12-5-4-6-14(28-3)17(12)24-20(21)27(18)25-16/h4-6,11H,7-10H2,1-3H3,(H2,21,24). The number of hydrogen-bond donors (Lipinski definition) is 1. The molecule has 29 heavy (non-hydrogen) atoms. The number of aromatic nitrogens is 5. The lowest BCUT2D eigenvalue weighted by Gasteiger charge is -2.13.